The van der Waals surface area contributed by atoms with Gasteiger partial charge in [-0.3, -0.25) is 0 Å². The molecule has 1 heterocycles. The fraction of sp³-hybridized carbons (Fsp3) is 0.583. The van der Waals surface area contributed by atoms with Crippen molar-refractivity contribution >= 4 is 11.6 Å². The van der Waals surface area contributed by atoms with E-state index in [1.807, 2.05) is 26.8 Å². The molecule has 0 radical (unpaired) electrons. The third kappa shape index (κ3) is 4.37. The normalized spacial score (nSPS) is 11.6. The van der Waals surface area contributed by atoms with E-state index in [-0.39, 0.29) is 5.60 Å². The van der Waals surface area contributed by atoms with Gasteiger partial charge < -0.3 is 10.1 Å². The average Bonchev–Trinajstić information content (AvgIpc) is 2.17. The zero-order valence-corrected chi connectivity index (χ0v) is 11.1. The number of nitrogens with zero attached hydrogens (tertiary/aromatic N) is 1. The van der Waals surface area contributed by atoms with Crippen LogP contribution in [-0.2, 0) is 6.54 Å². The molecule has 0 spiro atoms. The number of halogens is 1. The predicted octanol–water partition coefficient (Wildman–Crippen LogP) is 3.02. The Hall–Kier alpha value is -0.800. The molecule has 0 fully saturated rings. The van der Waals surface area contributed by atoms with Crippen LogP contribution in [0.5, 0.6) is 5.88 Å². The van der Waals surface area contributed by atoms with Crippen LogP contribution >= 0.6 is 11.6 Å². The van der Waals surface area contributed by atoms with Crippen LogP contribution in [0.25, 0.3) is 0 Å². The number of aromatic nitrogens is 1. The molecule has 16 heavy (non-hydrogen) atoms. The molecule has 1 aromatic heterocycles. The van der Waals surface area contributed by atoms with Crippen molar-refractivity contribution in [1.29, 1.82) is 0 Å². The van der Waals surface area contributed by atoms with Gasteiger partial charge in [-0.05, 0) is 32.9 Å². The van der Waals surface area contributed by atoms with Gasteiger partial charge in [0.15, 0.2) is 0 Å². The van der Waals surface area contributed by atoms with Crippen molar-refractivity contribution in [1.82, 2.24) is 10.3 Å². The van der Waals surface area contributed by atoms with Crippen molar-refractivity contribution in [2.45, 2.75) is 39.8 Å². The number of nitrogens with one attached hydrogen (secondary N) is 1. The number of rotatable bonds is 4. The summed E-state index contributed by atoms with van der Waals surface area (Å²) in [6, 6.07) is 1.89. The molecule has 1 rings (SSSR count). The first-order chi connectivity index (χ1) is 7.42. The average molecular weight is 243 g/mol. The van der Waals surface area contributed by atoms with E-state index in [2.05, 4.69) is 17.2 Å². The largest absolute Gasteiger partial charge is 0.472 e. The van der Waals surface area contributed by atoms with Gasteiger partial charge in [-0.25, -0.2) is 4.98 Å². The summed E-state index contributed by atoms with van der Waals surface area (Å²) in [6.45, 7) is 9.68. The van der Waals surface area contributed by atoms with E-state index in [0.29, 0.717) is 10.9 Å². The summed E-state index contributed by atoms with van der Waals surface area (Å²) in [5.41, 5.74) is 0.772. The van der Waals surface area contributed by atoms with Gasteiger partial charge in [0.05, 0.1) is 5.02 Å². The SMILES string of the molecule is CCNCc1cc(OC(C)(C)C)ncc1Cl. The lowest BCUT2D eigenvalue weighted by Crippen LogP contribution is -2.23. The first kappa shape index (κ1) is 13.3. The van der Waals surface area contributed by atoms with Crippen LogP contribution in [0.1, 0.15) is 33.3 Å². The summed E-state index contributed by atoms with van der Waals surface area (Å²) < 4.78 is 5.68. The minimum atomic E-state index is -0.240. The van der Waals surface area contributed by atoms with Crippen molar-refractivity contribution in [3.63, 3.8) is 0 Å². The van der Waals surface area contributed by atoms with Gasteiger partial charge in [0, 0.05) is 18.8 Å². The number of hydrogen-bond acceptors (Lipinski definition) is 3. The van der Waals surface area contributed by atoms with Crippen LogP contribution in [-0.4, -0.2) is 17.1 Å². The summed E-state index contributed by atoms with van der Waals surface area (Å²) in [4.78, 5) is 4.15. The van der Waals surface area contributed by atoms with Gasteiger partial charge in [-0.1, -0.05) is 18.5 Å². The fourth-order valence-corrected chi connectivity index (χ4v) is 1.39. The van der Waals surface area contributed by atoms with Crippen molar-refractivity contribution in [2.24, 2.45) is 0 Å². The molecule has 1 aromatic rings. The van der Waals surface area contributed by atoms with Gasteiger partial charge in [-0.2, -0.15) is 0 Å². The van der Waals surface area contributed by atoms with Crippen molar-refractivity contribution in [3.05, 3.63) is 22.8 Å². The highest BCUT2D eigenvalue weighted by Crippen LogP contribution is 2.22. The van der Waals surface area contributed by atoms with Gasteiger partial charge >= 0.3 is 0 Å². The second kappa shape index (κ2) is 5.51. The minimum Gasteiger partial charge on any atom is -0.472 e. The highest BCUT2D eigenvalue weighted by atomic mass is 35.5. The molecule has 0 bridgehead atoms. The molecule has 0 amide bonds. The summed E-state index contributed by atoms with van der Waals surface area (Å²) in [6.07, 6.45) is 1.63. The van der Waals surface area contributed by atoms with E-state index in [9.17, 15) is 0 Å². The topological polar surface area (TPSA) is 34.1 Å². The zero-order chi connectivity index (χ0) is 12.2. The molecule has 0 aliphatic rings. The molecule has 90 valence electrons. The first-order valence-electron chi connectivity index (χ1n) is 5.46. The highest BCUT2D eigenvalue weighted by Gasteiger charge is 2.13. The van der Waals surface area contributed by atoms with Gasteiger partial charge in [0.2, 0.25) is 5.88 Å². The summed E-state index contributed by atoms with van der Waals surface area (Å²) in [7, 11) is 0. The molecule has 0 aromatic carbocycles. The maximum atomic E-state index is 6.05. The molecule has 0 aliphatic heterocycles. The molecular formula is C12H19ClN2O. The van der Waals surface area contributed by atoms with E-state index in [1.54, 1.807) is 6.20 Å². The molecule has 0 aliphatic carbocycles. The molecule has 0 atom stereocenters. The third-order valence-electron chi connectivity index (χ3n) is 1.89. The first-order valence-corrected chi connectivity index (χ1v) is 5.84. The lowest BCUT2D eigenvalue weighted by atomic mass is 10.2. The summed E-state index contributed by atoms with van der Waals surface area (Å²) >= 11 is 6.05. The molecule has 1 N–H and O–H groups in total. The Morgan fingerprint density at radius 1 is 1.44 bits per heavy atom. The third-order valence-corrected chi connectivity index (χ3v) is 2.23. The Labute approximate surface area is 102 Å². The number of hydrogen-bond donors (Lipinski definition) is 1. The smallest absolute Gasteiger partial charge is 0.214 e. The quantitative estimate of drug-likeness (QED) is 0.881. The molecule has 4 heteroatoms. The lowest BCUT2D eigenvalue weighted by Gasteiger charge is -2.20. The Kier molecular flexibility index (Phi) is 4.56. The number of ether oxygens (including phenoxy) is 1. The van der Waals surface area contributed by atoms with Gasteiger partial charge in [0.25, 0.3) is 0 Å². The monoisotopic (exact) mass is 242 g/mol. The Bertz CT molecular complexity index is 347. The van der Waals surface area contributed by atoms with Crippen LogP contribution in [0.3, 0.4) is 0 Å². The summed E-state index contributed by atoms with van der Waals surface area (Å²) in [5.74, 6) is 0.616. The van der Waals surface area contributed by atoms with E-state index in [0.717, 1.165) is 18.7 Å². The number of pyridine rings is 1. The lowest BCUT2D eigenvalue weighted by molar-refractivity contribution is 0.124. The maximum Gasteiger partial charge on any atom is 0.214 e. The van der Waals surface area contributed by atoms with Crippen molar-refractivity contribution < 1.29 is 4.74 Å². The van der Waals surface area contributed by atoms with Gasteiger partial charge in [-0.15, -0.1) is 0 Å². The molecule has 0 unspecified atom stereocenters. The van der Waals surface area contributed by atoms with Crippen molar-refractivity contribution in [3.8, 4) is 5.88 Å². The van der Waals surface area contributed by atoms with Crippen molar-refractivity contribution in [2.75, 3.05) is 6.54 Å². The summed E-state index contributed by atoms with van der Waals surface area (Å²) in [5, 5.41) is 3.90. The van der Waals surface area contributed by atoms with Gasteiger partial charge in [0.1, 0.15) is 5.60 Å². The Balaban J connectivity index is 2.81. The molecule has 0 saturated carbocycles. The zero-order valence-electron chi connectivity index (χ0n) is 10.3. The molecule has 3 nitrogen and oxygen atoms in total. The van der Waals surface area contributed by atoms with E-state index in [1.165, 1.54) is 0 Å². The molecular weight excluding hydrogens is 224 g/mol. The maximum absolute atomic E-state index is 6.05. The second-order valence-electron chi connectivity index (χ2n) is 4.61. The predicted molar refractivity (Wildman–Crippen MR) is 67.0 cm³/mol. The molecule has 0 saturated heterocycles. The van der Waals surface area contributed by atoms with Crippen LogP contribution in [0.15, 0.2) is 12.3 Å². The highest BCUT2D eigenvalue weighted by molar-refractivity contribution is 6.31. The van der Waals surface area contributed by atoms with Crippen LogP contribution in [0, 0.1) is 0 Å². The van der Waals surface area contributed by atoms with Crippen LogP contribution in [0.4, 0.5) is 0 Å². The van der Waals surface area contributed by atoms with E-state index < -0.39 is 0 Å². The Morgan fingerprint density at radius 2 is 2.12 bits per heavy atom. The Morgan fingerprint density at radius 3 is 2.69 bits per heavy atom. The van der Waals surface area contributed by atoms with Crippen LogP contribution < -0.4 is 10.1 Å². The van der Waals surface area contributed by atoms with E-state index >= 15 is 0 Å². The fourth-order valence-electron chi connectivity index (χ4n) is 1.22. The second-order valence-corrected chi connectivity index (χ2v) is 5.02. The van der Waals surface area contributed by atoms with E-state index in [4.69, 9.17) is 16.3 Å². The minimum absolute atomic E-state index is 0.240. The van der Waals surface area contributed by atoms with Crippen LogP contribution in [0.2, 0.25) is 5.02 Å². The standard InChI is InChI=1S/C12H19ClN2O/c1-5-14-7-9-6-11(15-8-10(9)13)16-12(2,3)4/h6,8,14H,5,7H2,1-4H3.